The molecule has 5 heteroatoms. The molecule has 1 aromatic rings. The molecule has 1 N–H and O–H groups in total. The van der Waals surface area contributed by atoms with Gasteiger partial charge in [-0.25, -0.2) is 8.42 Å². The van der Waals surface area contributed by atoms with E-state index in [2.05, 4.69) is 0 Å². The number of aliphatic carboxylic acids is 1. The summed E-state index contributed by atoms with van der Waals surface area (Å²) in [6, 6.07) is 4.95. The van der Waals surface area contributed by atoms with Gasteiger partial charge in [0.25, 0.3) is 0 Å². The van der Waals surface area contributed by atoms with E-state index in [9.17, 15) is 13.2 Å². The van der Waals surface area contributed by atoms with Crippen molar-refractivity contribution >= 4 is 15.8 Å². The number of rotatable bonds is 4. The average Bonchev–Trinajstić information content (AvgIpc) is 2.14. The molecule has 1 rings (SSSR count). The first kappa shape index (κ1) is 14.7. The molecule has 100 valence electrons. The molecular formula is C13H18O4S. The monoisotopic (exact) mass is 270 g/mol. The van der Waals surface area contributed by atoms with Gasteiger partial charge in [-0.3, -0.25) is 4.79 Å². The molecule has 1 aromatic carbocycles. The van der Waals surface area contributed by atoms with E-state index in [1.807, 2.05) is 0 Å². The second-order valence-corrected chi connectivity index (χ2v) is 7.22. The highest BCUT2D eigenvalue weighted by Crippen LogP contribution is 2.24. The van der Waals surface area contributed by atoms with Crippen LogP contribution in [0, 0.1) is 12.3 Å². The van der Waals surface area contributed by atoms with Crippen LogP contribution in [0.1, 0.15) is 25.0 Å². The largest absolute Gasteiger partial charge is 0.481 e. The summed E-state index contributed by atoms with van der Waals surface area (Å²) in [6.45, 7) is 5.01. The van der Waals surface area contributed by atoms with Gasteiger partial charge in [-0.15, -0.1) is 0 Å². The minimum atomic E-state index is -3.23. The highest BCUT2D eigenvalue weighted by Gasteiger charge is 2.27. The first-order valence-corrected chi connectivity index (χ1v) is 7.46. The fraction of sp³-hybridized carbons (Fsp3) is 0.462. The predicted molar refractivity (Wildman–Crippen MR) is 69.4 cm³/mol. The summed E-state index contributed by atoms with van der Waals surface area (Å²) in [7, 11) is -3.23. The number of carbonyl (C=O) groups is 1. The van der Waals surface area contributed by atoms with Crippen LogP contribution in [0.2, 0.25) is 0 Å². The van der Waals surface area contributed by atoms with Crippen molar-refractivity contribution in [1.82, 2.24) is 0 Å². The lowest BCUT2D eigenvalue weighted by molar-refractivity contribution is -0.146. The Bertz CT molecular complexity index is 571. The van der Waals surface area contributed by atoms with E-state index in [0.717, 1.165) is 11.8 Å². The Hall–Kier alpha value is -1.36. The van der Waals surface area contributed by atoms with Gasteiger partial charge in [0.15, 0.2) is 9.84 Å². The summed E-state index contributed by atoms with van der Waals surface area (Å²) in [4.78, 5) is 11.3. The molecule has 0 aliphatic heterocycles. The highest BCUT2D eigenvalue weighted by atomic mass is 32.2. The Balaban J connectivity index is 3.11. The van der Waals surface area contributed by atoms with Crippen LogP contribution in [0.5, 0.6) is 0 Å². The van der Waals surface area contributed by atoms with Gasteiger partial charge in [-0.1, -0.05) is 12.1 Å². The summed E-state index contributed by atoms with van der Waals surface area (Å²) in [5.74, 6) is -0.868. The lowest BCUT2D eigenvalue weighted by atomic mass is 9.85. The summed E-state index contributed by atoms with van der Waals surface area (Å²) < 4.78 is 22.9. The van der Waals surface area contributed by atoms with E-state index >= 15 is 0 Å². The third kappa shape index (κ3) is 3.32. The van der Waals surface area contributed by atoms with Gasteiger partial charge >= 0.3 is 5.97 Å². The summed E-state index contributed by atoms with van der Waals surface area (Å²) in [5.41, 5.74) is 0.613. The van der Waals surface area contributed by atoms with Gasteiger partial charge < -0.3 is 5.11 Å². The van der Waals surface area contributed by atoms with Crippen molar-refractivity contribution in [2.45, 2.75) is 32.1 Å². The molecule has 0 unspecified atom stereocenters. The van der Waals surface area contributed by atoms with Crippen LogP contribution in [0.4, 0.5) is 0 Å². The molecule has 0 spiro atoms. The van der Waals surface area contributed by atoms with E-state index in [4.69, 9.17) is 5.11 Å². The van der Waals surface area contributed by atoms with E-state index < -0.39 is 21.2 Å². The maximum Gasteiger partial charge on any atom is 0.309 e. The third-order valence-electron chi connectivity index (χ3n) is 2.86. The quantitative estimate of drug-likeness (QED) is 0.909. The number of hydrogen-bond donors (Lipinski definition) is 1. The van der Waals surface area contributed by atoms with Crippen LogP contribution in [-0.4, -0.2) is 25.7 Å². The summed E-state index contributed by atoms with van der Waals surface area (Å²) in [6.07, 6.45) is 1.53. The van der Waals surface area contributed by atoms with Crippen LogP contribution >= 0.6 is 0 Å². The predicted octanol–water partition coefficient (Wildman–Crippen LogP) is 2.05. The number of carboxylic acid groups (broad SMARTS) is 1. The Labute approximate surface area is 108 Å². The van der Waals surface area contributed by atoms with Crippen molar-refractivity contribution in [3.63, 3.8) is 0 Å². The molecule has 0 bridgehead atoms. The van der Waals surface area contributed by atoms with Crippen molar-refractivity contribution in [3.05, 3.63) is 29.3 Å². The Morgan fingerprint density at radius 2 is 1.89 bits per heavy atom. The van der Waals surface area contributed by atoms with Gasteiger partial charge in [0.05, 0.1) is 10.3 Å². The number of hydrogen-bond acceptors (Lipinski definition) is 3. The lowest BCUT2D eigenvalue weighted by Gasteiger charge is -2.19. The van der Waals surface area contributed by atoms with E-state index in [0.29, 0.717) is 16.9 Å². The van der Waals surface area contributed by atoms with Gasteiger partial charge in [0, 0.05) is 6.26 Å². The molecule has 0 atom stereocenters. The molecule has 4 nitrogen and oxygen atoms in total. The molecule has 0 radical (unpaired) electrons. The zero-order chi connectivity index (χ0) is 14.1. The number of carboxylic acids is 1. The standard InChI is InChI=1S/C13H18O4S/c1-9-7-10(8-13(2,3)12(14)15)5-6-11(9)18(4,16)17/h5-7H,8H2,1-4H3,(H,14,15). The third-order valence-corrected chi connectivity index (χ3v) is 4.12. The smallest absolute Gasteiger partial charge is 0.309 e. The van der Waals surface area contributed by atoms with Crippen molar-refractivity contribution in [2.75, 3.05) is 6.26 Å². The average molecular weight is 270 g/mol. The van der Waals surface area contributed by atoms with Crippen molar-refractivity contribution in [3.8, 4) is 0 Å². The van der Waals surface area contributed by atoms with E-state index in [-0.39, 0.29) is 0 Å². The number of benzene rings is 1. The van der Waals surface area contributed by atoms with Crippen molar-refractivity contribution in [1.29, 1.82) is 0 Å². The SMILES string of the molecule is Cc1cc(CC(C)(C)C(=O)O)ccc1S(C)(=O)=O. The number of aryl methyl sites for hydroxylation is 1. The number of sulfone groups is 1. The lowest BCUT2D eigenvalue weighted by Crippen LogP contribution is -2.26. The fourth-order valence-corrected chi connectivity index (χ4v) is 2.78. The van der Waals surface area contributed by atoms with Crippen LogP contribution in [0.3, 0.4) is 0 Å². The molecule has 0 aromatic heterocycles. The second-order valence-electron chi connectivity index (χ2n) is 5.24. The summed E-state index contributed by atoms with van der Waals surface area (Å²) in [5, 5.41) is 9.06. The highest BCUT2D eigenvalue weighted by molar-refractivity contribution is 7.90. The maximum absolute atomic E-state index is 11.5. The maximum atomic E-state index is 11.5. The normalized spacial score (nSPS) is 12.4. The van der Waals surface area contributed by atoms with Gasteiger partial charge in [-0.05, 0) is 44.4 Å². The Morgan fingerprint density at radius 3 is 2.28 bits per heavy atom. The molecule has 0 amide bonds. The molecule has 0 aliphatic rings. The van der Waals surface area contributed by atoms with Gasteiger partial charge in [-0.2, -0.15) is 0 Å². The van der Waals surface area contributed by atoms with Crippen LogP contribution in [0.15, 0.2) is 23.1 Å². The van der Waals surface area contributed by atoms with Crippen molar-refractivity contribution in [2.24, 2.45) is 5.41 Å². The Morgan fingerprint density at radius 1 is 1.33 bits per heavy atom. The molecule has 0 saturated heterocycles. The molecule has 0 aliphatic carbocycles. The van der Waals surface area contributed by atoms with Crippen LogP contribution < -0.4 is 0 Å². The minimum absolute atomic E-state index is 0.291. The molecule has 0 fully saturated rings. The molecule has 0 heterocycles. The minimum Gasteiger partial charge on any atom is -0.481 e. The molecule has 0 saturated carbocycles. The van der Waals surface area contributed by atoms with E-state index in [1.54, 1.807) is 32.9 Å². The van der Waals surface area contributed by atoms with Gasteiger partial charge in [0.1, 0.15) is 0 Å². The molecular weight excluding hydrogens is 252 g/mol. The topological polar surface area (TPSA) is 71.4 Å². The van der Waals surface area contributed by atoms with Crippen LogP contribution in [-0.2, 0) is 21.1 Å². The molecule has 18 heavy (non-hydrogen) atoms. The van der Waals surface area contributed by atoms with E-state index in [1.165, 1.54) is 6.07 Å². The second kappa shape index (κ2) is 4.72. The van der Waals surface area contributed by atoms with Crippen molar-refractivity contribution < 1.29 is 18.3 Å². The summed E-state index contributed by atoms with van der Waals surface area (Å²) >= 11 is 0. The van der Waals surface area contributed by atoms with Gasteiger partial charge in [0.2, 0.25) is 0 Å². The zero-order valence-corrected chi connectivity index (χ0v) is 11.8. The fourth-order valence-electron chi connectivity index (χ4n) is 1.82. The first-order chi connectivity index (χ1) is 8.04. The zero-order valence-electron chi connectivity index (χ0n) is 11.0. The van der Waals surface area contributed by atoms with Crippen LogP contribution in [0.25, 0.3) is 0 Å². The first-order valence-electron chi connectivity index (χ1n) is 5.57. The Kier molecular flexibility index (Phi) is 3.86.